The minimum absolute atomic E-state index is 0.0138. The van der Waals surface area contributed by atoms with Crippen molar-refractivity contribution in [2.24, 2.45) is 5.92 Å². The highest BCUT2D eigenvalue weighted by Crippen LogP contribution is 2.31. The molecular formula is C14H17NO4. The van der Waals surface area contributed by atoms with E-state index in [9.17, 15) is 14.7 Å². The average Bonchev–Trinajstić information content (AvgIpc) is 2.72. The number of aliphatic hydroxyl groups excluding tert-OH is 1. The second-order valence-corrected chi connectivity index (χ2v) is 4.69. The van der Waals surface area contributed by atoms with Gasteiger partial charge < -0.3 is 14.7 Å². The van der Waals surface area contributed by atoms with Gasteiger partial charge in [-0.1, -0.05) is 6.07 Å². The van der Waals surface area contributed by atoms with E-state index >= 15 is 0 Å². The van der Waals surface area contributed by atoms with Crippen LogP contribution >= 0.6 is 0 Å². The Morgan fingerprint density at radius 3 is 2.84 bits per heavy atom. The molecule has 5 heteroatoms. The summed E-state index contributed by atoms with van der Waals surface area (Å²) in [5, 5.41) is 9.25. The standard InChI is InChI=1S/C14H17NO4/c1-9-11(8-16)7-13(17)15(9)12-5-3-4-10(6-12)14(18)19-2/h3-6,9,11,16H,7-8H2,1-2H3. The minimum atomic E-state index is -0.431. The first kappa shape index (κ1) is 13.5. The summed E-state index contributed by atoms with van der Waals surface area (Å²) in [7, 11) is 1.32. The number of rotatable bonds is 3. The molecule has 0 aromatic heterocycles. The van der Waals surface area contributed by atoms with Crippen LogP contribution in [0.4, 0.5) is 5.69 Å². The first-order chi connectivity index (χ1) is 9.08. The molecule has 1 heterocycles. The summed E-state index contributed by atoms with van der Waals surface area (Å²) in [5.74, 6) is -0.525. The van der Waals surface area contributed by atoms with E-state index in [0.29, 0.717) is 17.7 Å². The fraction of sp³-hybridized carbons (Fsp3) is 0.429. The molecule has 2 rings (SSSR count). The summed E-state index contributed by atoms with van der Waals surface area (Å²) in [6.07, 6.45) is 0.333. The summed E-state index contributed by atoms with van der Waals surface area (Å²) < 4.78 is 4.67. The van der Waals surface area contributed by atoms with Gasteiger partial charge in [-0.2, -0.15) is 0 Å². The molecule has 102 valence electrons. The summed E-state index contributed by atoms with van der Waals surface area (Å²) in [6, 6.07) is 6.70. The number of anilines is 1. The van der Waals surface area contributed by atoms with Gasteiger partial charge in [0.05, 0.1) is 12.7 Å². The molecular weight excluding hydrogens is 246 g/mol. The zero-order chi connectivity index (χ0) is 14.0. The fourth-order valence-electron chi connectivity index (χ4n) is 2.43. The first-order valence-corrected chi connectivity index (χ1v) is 6.19. The van der Waals surface area contributed by atoms with Gasteiger partial charge >= 0.3 is 5.97 Å². The van der Waals surface area contributed by atoms with E-state index < -0.39 is 5.97 Å². The Labute approximate surface area is 111 Å². The maximum absolute atomic E-state index is 12.0. The van der Waals surface area contributed by atoms with Crippen molar-refractivity contribution >= 4 is 17.6 Å². The van der Waals surface area contributed by atoms with Gasteiger partial charge in [0.15, 0.2) is 0 Å². The number of hydrogen-bond donors (Lipinski definition) is 1. The number of ether oxygens (including phenoxy) is 1. The van der Waals surface area contributed by atoms with Crippen molar-refractivity contribution in [3.05, 3.63) is 29.8 Å². The molecule has 0 spiro atoms. The minimum Gasteiger partial charge on any atom is -0.465 e. The predicted molar refractivity (Wildman–Crippen MR) is 69.9 cm³/mol. The molecule has 1 fully saturated rings. The largest absolute Gasteiger partial charge is 0.465 e. The van der Waals surface area contributed by atoms with E-state index in [1.165, 1.54) is 7.11 Å². The lowest BCUT2D eigenvalue weighted by molar-refractivity contribution is -0.117. The Bertz CT molecular complexity index is 500. The number of methoxy groups -OCH3 is 1. The molecule has 5 nitrogen and oxygen atoms in total. The van der Waals surface area contributed by atoms with E-state index in [1.807, 2.05) is 6.92 Å². The van der Waals surface area contributed by atoms with Crippen molar-refractivity contribution in [1.82, 2.24) is 0 Å². The third-order valence-electron chi connectivity index (χ3n) is 3.57. The van der Waals surface area contributed by atoms with Gasteiger partial charge in [-0.25, -0.2) is 4.79 Å². The van der Waals surface area contributed by atoms with Crippen LogP contribution in [0.2, 0.25) is 0 Å². The Morgan fingerprint density at radius 1 is 1.53 bits per heavy atom. The number of benzene rings is 1. The molecule has 1 aromatic carbocycles. The first-order valence-electron chi connectivity index (χ1n) is 6.19. The number of carbonyl (C=O) groups excluding carboxylic acids is 2. The third-order valence-corrected chi connectivity index (χ3v) is 3.57. The maximum Gasteiger partial charge on any atom is 0.337 e. The molecule has 1 aliphatic heterocycles. The van der Waals surface area contributed by atoms with Crippen molar-refractivity contribution in [2.45, 2.75) is 19.4 Å². The molecule has 2 atom stereocenters. The smallest absolute Gasteiger partial charge is 0.337 e. The van der Waals surface area contributed by atoms with Gasteiger partial charge in [0, 0.05) is 30.7 Å². The second kappa shape index (κ2) is 5.40. The molecule has 1 aromatic rings. The van der Waals surface area contributed by atoms with Crippen LogP contribution in [0, 0.1) is 5.92 Å². The van der Waals surface area contributed by atoms with Crippen LogP contribution in [-0.4, -0.2) is 36.7 Å². The topological polar surface area (TPSA) is 66.8 Å². The highest BCUT2D eigenvalue weighted by Gasteiger charge is 2.37. The molecule has 0 aliphatic carbocycles. The quantitative estimate of drug-likeness (QED) is 0.832. The van der Waals surface area contributed by atoms with Crippen molar-refractivity contribution in [3.8, 4) is 0 Å². The fourth-order valence-corrected chi connectivity index (χ4v) is 2.43. The number of esters is 1. The van der Waals surface area contributed by atoms with Crippen LogP contribution in [-0.2, 0) is 9.53 Å². The van der Waals surface area contributed by atoms with E-state index in [4.69, 9.17) is 0 Å². The Balaban J connectivity index is 2.31. The van der Waals surface area contributed by atoms with Crippen molar-refractivity contribution in [1.29, 1.82) is 0 Å². The zero-order valence-corrected chi connectivity index (χ0v) is 11.0. The number of nitrogens with zero attached hydrogens (tertiary/aromatic N) is 1. The van der Waals surface area contributed by atoms with Gasteiger partial charge in [0.1, 0.15) is 0 Å². The highest BCUT2D eigenvalue weighted by molar-refractivity contribution is 5.98. The monoisotopic (exact) mass is 263 g/mol. The molecule has 0 saturated carbocycles. The van der Waals surface area contributed by atoms with Crippen LogP contribution in [0.25, 0.3) is 0 Å². The van der Waals surface area contributed by atoms with Crippen molar-refractivity contribution in [2.75, 3.05) is 18.6 Å². The molecule has 1 N–H and O–H groups in total. The molecule has 1 aliphatic rings. The molecule has 2 unspecified atom stereocenters. The Hall–Kier alpha value is -1.88. The van der Waals surface area contributed by atoms with E-state index in [1.54, 1.807) is 29.2 Å². The average molecular weight is 263 g/mol. The molecule has 1 saturated heterocycles. The lowest BCUT2D eigenvalue weighted by Crippen LogP contribution is -2.33. The summed E-state index contributed by atoms with van der Waals surface area (Å²) in [5.41, 5.74) is 1.07. The van der Waals surface area contributed by atoms with Crippen molar-refractivity contribution < 1.29 is 19.4 Å². The van der Waals surface area contributed by atoms with E-state index in [2.05, 4.69) is 4.74 Å². The molecule has 0 radical (unpaired) electrons. The summed E-state index contributed by atoms with van der Waals surface area (Å²) in [6.45, 7) is 1.89. The summed E-state index contributed by atoms with van der Waals surface area (Å²) in [4.78, 5) is 25.1. The highest BCUT2D eigenvalue weighted by atomic mass is 16.5. The third kappa shape index (κ3) is 2.46. The lowest BCUT2D eigenvalue weighted by Gasteiger charge is -2.24. The number of hydrogen-bond acceptors (Lipinski definition) is 4. The summed E-state index contributed by atoms with van der Waals surface area (Å²) >= 11 is 0. The number of aliphatic hydroxyl groups is 1. The van der Waals surface area contributed by atoms with Gasteiger partial charge in [-0.05, 0) is 25.1 Å². The van der Waals surface area contributed by atoms with Gasteiger partial charge in [0.25, 0.3) is 0 Å². The van der Waals surface area contributed by atoms with Crippen LogP contribution in [0.1, 0.15) is 23.7 Å². The normalized spacial score (nSPS) is 22.7. The molecule has 0 bridgehead atoms. The number of carbonyl (C=O) groups is 2. The van der Waals surface area contributed by atoms with Crippen molar-refractivity contribution in [3.63, 3.8) is 0 Å². The molecule has 1 amide bonds. The van der Waals surface area contributed by atoms with Gasteiger partial charge in [0.2, 0.25) is 5.91 Å². The van der Waals surface area contributed by atoms with Crippen LogP contribution < -0.4 is 4.90 Å². The Kier molecular flexibility index (Phi) is 3.85. The maximum atomic E-state index is 12.0. The zero-order valence-electron chi connectivity index (χ0n) is 11.0. The molecule has 19 heavy (non-hydrogen) atoms. The van der Waals surface area contributed by atoms with Gasteiger partial charge in [-0.15, -0.1) is 0 Å². The second-order valence-electron chi connectivity index (χ2n) is 4.69. The van der Waals surface area contributed by atoms with Crippen LogP contribution in [0.5, 0.6) is 0 Å². The van der Waals surface area contributed by atoms with E-state index in [0.717, 1.165) is 0 Å². The predicted octanol–water partition coefficient (Wildman–Crippen LogP) is 1.21. The van der Waals surface area contributed by atoms with Crippen LogP contribution in [0.15, 0.2) is 24.3 Å². The SMILES string of the molecule is COC(=O)c1cccc(N2C(=O)CC(CO)C2C)c1. The lowest BCUT2D eigenvalue weighted by atomic mass is 10.0. The van der Waals surface area contributed by atoms with Gasteiger partial charge in [-0.3, -0.25) is 4.79 Å². The number of amides is 1. The van der Waals surface area contributed by atoms with Crippen LogP contribution in [0.3, 0.4) is 0 Å². The van der Waals surface area contributed by atoms with E-state index in [-0.39, 0.29) is 24.5 Å². The Morgan fingerprint density at radius 2 is 2.26 bits per heavy atom.